The number of nitro benzene ring substituents is 1. The molecule has 0 bridgehead atoms. The van der Waals surface area contributed by atoms with Crippen LogP contribution >= 0.6 is 0 Å². The monoisotopic (exact) mass is 306 g/mol. The first-order valence-corrected chi connectivity index (χ1v) is 7.06. The predicted molar refractivity (Wildman–Crippen MR) is 80.4 cm³/mol. The molecule has 0 spiro atoms. The summed E-state index contributed by atoms with van der Waals surface area (Å²) in [5, 5.41) is 18.9. The summed E-state index contributed by atoms with van der Waals surface area (Å²) in [6.45, 7) is 2.40. The van der Waals surface area contributed by atoms with Gasteiger partial charge in [0.1, 0.15) is 6.04 Å². The summed E-state index contributed by atoms with van der Waals surface area (Å²) in [7, 11) is 0. The van der Waals surface area contributed by atoms with Gasteiger partial charge in [-0.1, -0.05) is 0 Å². The van der Waals surface area contributed by atoms with Crippen LogP contribution in [0.1, 0.15) is 19.8 Å². The maximum Gasteiger partial charge on any atom is 0.269 e. The van der Waals surface area contributed by atoms with Crippen molar-refractivity contribution in [3.8, 4) is 0 Å². The molecule has 8 nitrogen and oxygen atoms in total. The van der Waals surface area contributed by atoms with Crippen molar-refractivity contribution in [2.75, 3.05) is 11.9 Å². The summed E-state index contributed by atoms with van der Waals surface area (Å²) in [4.78, 5) is 33.9. The fraction of sp³-hybridized carbons (Fsp3) is 0.429. The second-order valence-electron chi connectivity index (χ2n) is 5.17. The van der Waals surface area contributed by atoms with Crippen molar-refractivity contribution in [2.24, 2.45) is 0 Å². The molecule has 1 aliphatic rings. The van der Waals surface area contributed by atoms with Crippen LogP contribution in [0.5, 0.6) is 0 Å². The standard InChI is InChI=1S/C14H18N4O4/c1-9(16-14(20)12-3-2-8-15-12)13(19)17-10-4-6-11(7-5-10)18(21)22/h4-7,9,12,15H,2-3,8H2,1H3,(H,16,20)(H,17,19)/t9-,12-/m0/s1. The van der Waals surface area contributed by atoms with E-state index in [-0.39, 0.29) is 23.5 Å². The molecule has 22 heavy (non-hydrogen) atoms. The maximum absolute atomic E-state index is 12.0. The lowest BCUT2D eigenvalue weighted by atomic mass is 10.2. The highest BCUT2D eigenvalue weighted by molar-refractivity contribution is 5.97. The number of carbonyl (C=O) groups is 2. The van der Waals surface area contributed by atoms with Gasteiger partial charge in [-0.3, -0.25) is 19.7 Å². The molecule has 0 aliphatic carbocycles. The van der Waals surface area contributed by atoms with E-state index < -0.39 is 11.0 Å². The summed E-state index contributed by atoms with van der Waals surface area (Å²) < 4.78 is 0. The number of nitro groups is 1. The highest BCUT2D eigenvalue weighted by Crippen LogP contribution is 2.15. The Morgan fingerprint density at radius 2 is 2.05 bits per heavy atom. The molecular weight excluding hydrogens is 288 g/mol. The number of non-ortho nitro benzene ring substituents is 1. The number of nitrogens with zero attached hydrogens (tertiary/aromatic N) is 1. The lowest BCUT2D eigenvalue weighted by Gasteiger charge is -2.17. The average Bonchev–Trinajstić information content (AvgIpc) is 3.02. The van der Waals surface area contributed by atoms with E-state index in [2.05, 4.69) is 16.0 Å². The van der Waals surface area contributed by atoms with Crippen molar-refractivity contribution in [3.05, 3.63) is 34.4 Å². The molecule has 1 saturated heterocycles. The fourth-order valence-corrected chi connectivity index (χ4v) is 2.20. The van der Waals surface area contributed by atoms with Crippen molar-refractivity contribution < 1.29 is 14.5 Å². The Balaban J connectivity index is 1.87. The highest BCUT2D eigenvalue weighted by atomic mass is 16.6. The molecule has 1 heterocycles. The van der Waals surface area contributed by atoms with Gasteiger partial charge in [0.2, 0.25) is 11.8 Å². The molecule has 2 amide bonds. The number of benzene rings is 1. The number of amides is 2. The second kappa shape index (κ2) is 6.99. The Bertz CT molecular complexity index is 567. The number of hydrogen-bond donors (Lipinski definition) is 3. The van der Waals surface area contributed by atoms with Crippen LogP contribution < -0.4 is 16.0 Å². The topological polar surface area (TPSA) is 113 Å². The van der Waals surface area contributed by atoms with E-state index in [4.69, 9.17) is 0 Å². The number of hydrogen-bond acceptors (Lipinski definition) is 5. The Kier molecular flexibility index (Phi) is 5.05. The molecule has 1 fully saturated rings. The third-order valence-corrected chi connectivity index (χ3v) is 3.47. The first kappa shape index (κ1) is 15.9. The fourth-order valence-electron chi connectivity index (χ4n) is 2.20. The molecule has 0 aromatic heterocycles. The van der Waals surface area contributed by atoms with Gasteiger partial charge in [0, 0.05) is 17.8 Å². The van der Waals surface area contributed by atoms with Crippen LogP contribution in [0.4, 0.5) is 11.4 Å². The second-order valence-corrected chi connectivity index (χ2v) is 5.17. The van der Waals surface area contributed by atoms with Gasteiger partial charge >= 0.3 is 0 Å². The normalized spacial score (nSPS) is 18.5. The Morgan fingerprint density at radius 3 is 2.59 bits per heavy atom. The molecule has 0 saturated carbocycles. The number of anilines is 1. The smallest absolute Gasteiger partial charge is 0.269 e. The summed E-state index contributed by atoms with van der Waals surface area (Å²) in [6, 6.07) is 4.58. The zero-order valence-electron chi connectivity index (χ0n) is 12.2. The van der Waals surface area contributed by atoms with Gasteiger partial charge in [-0.2, -0.15) is 0 Å². The van der Waals surface area contributed by atoms with Crippen molar-refractivity contribution in [2.45, 2.75) is 31.8 Å². The lowest BCUT2D eigenvalue weighted by Crippen LogP contribution is -2.48. The third-order valence-electron chi connectivity index (χ3n) is 3.47. The SMILES string of the molecule is C[C@H](NC(=O)[C@@H]1CCCN1)C(=O)Nc1ccc([N+](=O)[O-])cc1. The van der Waals surface area contributed by atoms with Crippen LogP contribution in [0.25, 0.3) is 0 Å². The van der Waals surface area contributed by atoms with E-state index in [9.17, 15) is 19.7 Å². The minimum Gasteiger partial charge on any atom is -0.343 e. The van der Waals surface area contributed by atoms with Crippen LogP contribution in [-0.4, -0.2) is 35.4 Å². The number of rotatable bonds is 5. The van der Waals surface area contributed by atoms with Crippen molar-refractivity contribution >= 4 is 23.2 Å². The van der Waals surface area contributed by atoms with E-state index in [1.165, 1.54) is 24.3 Å². The molecule has 1 aromatic carbocycles. The zero-order valence-corrected chi connectivity index (χ0v) is 12.2. The Labute approximate surface area is 127 Å². The van der Waals surface area contributed by atoms with Crippen molar-refractivity contribution in [1.82, 2.24) is 10.6 Å². The van der Waals surface area contributed by atoms with E-state index in [1.54, 1.807) is 6.92 Å². The predicted octanol–water partition coefficient (Wildman–Crippen LogP) is 0.790. The Morgan fingerprint density at radius 1 is 1.36 bits per heavy atom. The lowest BCUT2D eigenvalue weighted by molar-refractivity contribution is -0.384. The maximum atomic E-state index is 12.0. The van der Waals surface area contributed by atoms with Crippen LogP contribution in [0.2, 0.25) is 0 Å². The molecule has 2 rings (SSSR count). The zero-order chi connectivity index (χ0) is 16.1. The van der Waals surface area contributed by atoms with Gasteiger partial charge in [0.15, 0.2) is 0 Å². The van der Waals surface area contributed by atoms with Gasteiger partial charge in [-0.15, -0.1) is 0 Å². The molecule has 8 heteroatoms. The van der Waals surface area contributed by atoms with Crippen LogP contribution in [-0.2, 0) is 9.59 Å². The van der Waals surface area contributed by atoms with E-state index in [0.717, 1.165) is 19.4 Å². The summed E-state index contributed by atoms with van der Waals surface area (Å²) >= 11 is 0. The molecule has 0 unspecified atom stereocenters. The minimum absolute atomic E-state index is 0.0494. The summed E-state index contributed by atoms with van der Waals surface area (Å²) in [6.07, 6.45) is 1.71. The molecule has 1 aliphatic heterocycles. The number of carbonyl (C=O) groups excluding carboxylic acids is 2. The van der Waals surface area contributed by atoms with Gasteiger partial charge in [0.25, 0.3) is 5.69 Å². The molecular formula is C14H18N4O4. The van der Waals surface area contributed by atoms with E-state index in [0.29, 0.717) is 5.69 Å². The number of nitrogens with one attached hydrogen (secondary N) is 3. The molecule has 118 valence electrons. The van der Waals surface area contributed by atoms with Crippen LogP contribution in [0.15, 0.2) is 24.3 Å². The van der Waals surface area contributed by atoms with Crippen molar-refractivity contribution in [1.29, 1.82) is 0 Å². The molecule has 0 radical (unpaired) electrons. The first-order chi connectivity index (χ1) is 10.5. The first-order valence-electron chi connectivity index (χ1n) is 7.06. The van der Waals surface area contributed by atoms with Crippen LogP contribution in [0.3, 0.4) is 0 Å². The van der Waals surface area contributed by atoms with Gasteiger partial charge < -0.3 is 16.0 Å². The largest absolute Gasteiger partial charge is 0.343 e. The average molecular weight is 306 g/mol. The summed E-state index contributed by atoms with van der Waals surface area (Å²) in [5.74, 6) is -0.566. The van der Waals surface area contributed by atoms with E-state index >= 15 is 0 Å². The summed E-state index contributed by atoms with van der Waals surface area (Å²) in [5.41, 5.74) is 0.391. The molecule has 2 atom stereocenters. The van der Waals surface area contributed by atoms with Gasteiger partial charge in [-0.25, -0.2) is 0 Å². The minimum atomic E-state index is -0.690. The van der Waals surface area contributed by atoms with Gasteiger partial charge in [0.05, 0.1) is 11.0 Å². The van der Waals surface area contributed by atoms with Crippen molar-refractivity contribution in [3.63, 3.8) is 0 Å². The Hall–Kier alpha value is -2.48. The molecule has 1 aromatic rings. The quantitative estimate of drug-likeness (QED) is 0.550. The van der Waals surface area contributed by atoms with Crippen LogP contribution in [0, 0.1) is 10.1 Å². The van der Waals surface area contributed by atoms with Gasteiger partial charge in [-0.05, 0) is 38.4 Å². The van der Waals surface area contributed by atoms with E-state index in [1.807, 2.05) is 0 Å². The molecule has 3 N–H and O–H groups in total. The third kappa shape index (κ3) is 4.01. The highest BCUT2D eigenvalue weighted by Gasteiger charge is 2.25.